The smallest absolute Gasteiger partial charge is 0.319 e. The first-order chi connectivity index (χ1) is 23.2. The quantitative estimate of drug-likeness (QED) is 0.101. The van der Waals surface area contributed by atoms with Crippen molar-refractivity contribution in [1.29, 1.82) is 0 Å². The molecule has 1 atom stereocenters. The number of carbonyl (C=O) groups excluding carboxylic acids is 5. The van der Waals surface area contributed by atoms with Crippen molar-refractivity contribution in [2.45, 2.75) is 45.1 Å². The van der Waals surface area contributed by atoms with E-state index in [0.717, 1.165) is 44.0 Å². The summed E-state index contributed by atoms with van der Waals surface area (Å²) in [6.45, 7) is 6.53. The fourth-order valence-corrected chi connectivity index (χ4v) is 5.38. The molecule has 0 aromatic heterocycles. The van der Waals surface area contributed by atoms with E-state index in [2.05, 4.69) is 28.7 Å². The van der Waals surface area contributed by atoms with E-state index in [1.165, 1.54) is 19.8 Å². The van der Waals surface area contributed by atoms with Gasteiger partial charge in [-0.05, 0) is 43.9 Å². The van der Waals surface area contributed by atoms with Gasteiger partial charge < -0.3 is 24.9 Å². The molecule has 1 fully saturated rings. The summed E-state index contributed by atoms with van der Waals surface area (Å²) in [5, 5.41) is 5.64. The molecule has 2 N–H and O–H groups in total. The fourth-order valence-electron chi connectivity index (χ4n) is 5.38. The lowest BCUT2D eigenvalue weighted by Gasteiger charge is -2.35. The number of aldehydes is 1. The third kappa shape index (κ3) is 16.3. The number of hydrogen-bond donors (Lipinski definition) is 2. The molecule has 0 saturated carbocycles. The highest BCUT2D eigenvalue weighted by Gasteiger charge is 2.25. The zero-order valence-corrected chi connectivity index (χ0v) is 28.9. The van der Waals surface area contributed by atoms with E-state index in [-0.39, 0.29) is 49.9 Å². The lowest BCUT2D eigenvalue weighted by molar-refractivity contribution is -0.143. The molecule has 1 aliphatic heterocycles. The molecule has 13 heteroatoms. The number of hydrogen-bond acceptors (Lipinski definition) is 11. The molecule has 1 heterocycles. The van der Waals surface area contributed by atoms with Gasteiger partial charge in [0.1, 0.15) is 6.29 Å². The molecule has 1 saturated heterocycles. The van der Waals surface area contributed by atoms with Crippen LogP contribution in [0, 0.1) is 12.3 Å². The number of unbranched alkanes of at least 4 members (excludes halogenated alkanes) is 3. The molecule has 1 unspecified atom stereocenters. The van der Waals surface area contributed by atoms with Crippen LogP contribution in [0.1, 0.15) is 43.7 Å². The molecule has 13 nitrogen and oxygen atoms in total. The first kappa shape index (κ1) is 40.3. The van der Waals surface area contributed by atoms with Gasteiger partial charge in [-0.25, -0.2) is 0 Å². The summed E-state index contributed by atoms with van der Waals surface area (Å²) in [5.41, 5.74) is 2.15. The van der Waals surface area contributed by atoms with E-state index in [4.69, 9.17) is 15.9 Å². The minimum absolute atomic E-state index is 0.0648. The normalized spacial score (nSPS) is 16.4. The summed E-state index contributed by atoms with van der Waals surface area (Å²) in [4.78, 5) is 69.0. The highest BCUT2D eigenvalue weighted by Crippen LogP contribution is 2.09. The second kappa shape index (κ2) is 23.5. The van der Waals surface area contributed by atoms with Gasteiger partial charge in [-0.3, -0.25) is 38.8 Å². The van der Waals surface area contributed by atoms with E-state index in [9.17, 15) is 24.0 Å². The summed E-state index contributed by atoms with van der Waals surface area (Å²) in [7, 11) is 2.68. The average molecular weight is 671 g/mol. The number of ether oxygens (including phenoxy) is 2. The topological polar surface area (TPSA) is 141 Å². The van der Waals surface area contributed by atoms with Crippen molar-refractivity contribution in [3.8, 4) is 12.3 Å². The summed E-state index contributed by atoms with van der Waals surface area (Å²) >= 11 is 0. The van der Waals surface area contributed by atoms with Gasteiger partial charge in [0, 0.05) is 64.5 Å². The Labute approximate surface area is 285 Å². The number of aryl methyl sites for hydroxylation is 1. The molecule has 0 spiro atoms. The molecule has 0 bridgehead atoms. The predicted octanol–water partition coefficient (Wildman–Crippen LogP) is 0.158. The van der Waals surface area contributed by atoms with E-state index in [1.54, 1.807) is 6.92 Å². The number of nitrogens with one attached hydrogen (secondary N) is 2. The van der Waals surface area contributed by atoms with Crippen LogP contribution in [-0.2, 0) is 39.9 Å². The lowest BCUT2D eigenvalue weighted by atomic mass is 10.0. The lowest BCUT2D eigenvalue weighted by Crippen LogP contribution is -2.53. The number of esters is 2. The third-order valence-electron chi connectivity index (χ3n) is 8.55. The minimum atomic E-state index is -0.558. The maximum atomic E-state index is 13.2. The maximum Gasteiger partial charge on any atom is 0.319 e. The Balaban J connectivity index is 1.85. The molecule has 1 aromatic rings. The Morgan fingerprint density at radius 2 is 1.35 bits per heavy atom. The summed E-state index contributed by atoms with van der Waals surface area (Å²) in [5.74, 6) is 1.36. The van der Waals surface area contributed by atoms with Crippen LogP contribution in [0.2, 0.25) is 0 Å². The van der Waals surface area contributed by atoms with Crippen molar-refractivity contribution in [1.82, 2.24) is 30.2 Å². The Kier molecular flexibility index (Phi) is 19.7. The van der Waals surface area contributed by atoms with Gasteiger partial charge in [-0.1, -0.05) is 30.9 Å². The van der Waals surface area contributed by atoms with Crippen LogP contribution < -0.4 is 10.6 Å². The zero-order valence-electron chi connectivity index (χ0n) is 28.9. The molecular weight excluding hydrogens is 616 g/mol. The van der Waals surface area contributed by atoms with Crippen molar-refractivity contribution >= 4 is 30.0 Å². The average Bonchev–Trinajstić information content (AvgIpc) is 3.09. The zero-order chi connectivity index (χ0) is 35.1. The molecule has 1 aliphatic rings. The first-order valence-electron chi connectivity index (χ1n) is 16.8. The van der Waals surface area contributed by atoms with E-state index in [0.29, 0.717) is 58.9 Å². The van der Waals surface area contributed by atoms with Gasteiger partial charge in [-0.2, -0.15) is 0 Å². The Morgan fingerprint density at radius 1 is 0.812 bits per heavy atom. The highest BCUT2D eigenvalue weighted by atomic mass is 16.5. The van der Waals surface area contributed by atoms with E-state index in [1.807, 2.05) is 31.7 Å². The number of nitrogens with zero attached hydrogens (tertiary/aromatic N) is 4. The highest BCUT2D eigenvalue weighted by molar-refractivity contribution is 5.87. The summed E-state index contributed by atoms with van der Waals surface area (Å²) < 4.78 is 9.74. The second-order valence-electron chi connectivity index (χ2n) is 12.0. The molecule has 48 heavy (non-hydrogen) atoms. The Bertz CT molecular complexity index is 1190. The molecule has 266 valence electrons. The van der Waals surface area contributed by atoms with Crippen LogP contribution >= 0.6 is 0 Å². The van der Waals surface area contributed by atoms with Gasteiger partial charge >= 0.3 is 11.9 Å². The van der Waals surface area contributed by atoms with E-state index >= 15 is 0 Å². The summed E-state index contributed by atoms with van der Waals surface area (Å²) in [6.07, 6.45) is 11.2. The van der Waals surface area contributed by atoms with Crippen LogP contribution in [0.3, 0.4) is 0 Å². The standard InChI is InChI=1S/C35H54N6O7/c1-5-30-11-13-31(14-12-30)10-8-6-7-9-15-36-32(43)26-37-35(46)29(2)41-22-20-38(24-25-42)16-17-39(27-33(44)47-3)18-19-40(21-23-41)28-34(45)48-4/h1,11-14,25,29H,6-10,15-24,26-28H2,2-4H3,(H,36,43)(H,37,46). The maximum absolute atomic E-state index is 13.2. The molecule has 0 radical (unpaired) electrons. The SMILES string of the molecule is C#Cc1ccc(CCCCCCNC(=O)CNC(=O)C(C)N2CCN(CC=O)CCN(CC(=O)OC)CCN(CC(=O)OC)CC2)cc1. The van der Waals surface area contributed by atoms with Crippen LogP contribution in [0.15, 0.2) is 24.3 Å². The van der Waals surface area contributed by atoms with Crippen molar-refractivity contribution in [2.24, 2.45) is 0 Å². The Morgan fingerprint density at radius 3 is 1.92 bits per heavy atom. The van der Waals surface area contributed by atoms with Gasteiger partial charge in [-0.15, -0.1) is 6.42 Å². The number of methoxy groups -OCH3 is 2. The van der Waals surface area contributed by atoms with Crippen molar-refractivity contribution in [3.63, 3.8) is 0 Å². The number of benzene rings is 1. The van der Waals surface area contributed by atoms with Gasteiger partial charge in [0.25, 0.3) is 0 Å². The largest absolute Gasteiger partial charge is 0.468 e. The minimum Gasteiger partial charge on any atom is -0.468 e. The van der Waals surface area contributed by atoms with Gasteiger partial charge in [0.05, 0.1) is 46.4 Å². The summed E-state index contributed by atoms with van der Waals surface area (Å²) in [6, 6.07) is 7.49. The second-order valence-corrected chi connectivity index (χ2v) is 12.0. The fraction of sp³-hybridized carbons (Fsp3) is 0.629. The van der Waals surface area contributed by atoms with Crippen molar-refractivity contribution in [3.05, 3.63) is 35.4 Å². The van der Waals surface area contributed by atoms with Crippen molar-refractivity contribution < 1.29 is 33.4 Å². The monoisotopic (exact) mass is 670 g/mol. The molecule has 0 aliphatic carbocycles. The number of terminal acetylenes is 1. The van der Waals surface area contributed by atoms with Crippen LogP contribution in [0.5, 0.6) is 0 Å². The molecule has 2 amide bonds. The number of rotatable bonds is 17. The van der Waals surface area contributed by atoms with Gasteiger partial charge in [0.2, 0.25) is 11.8 Å². The third-order valence-corrected chi connectivity index (χ3v) is 8.55. The van der Waals surface area contributed by atoms with Crippen molar-refractivity contribution in [2.75, 3.05) is 99.3 Å². The van der Waals surface area contributed by atoms with Crippen LogP contribution in [-0.4, -0.2) is 155 Å². The number of carbonyl (C=O) groups is 5. The molecule has 2 rings (SSSR count). The molecule has 1 aromatic carbocycles. The van der Waals surface area contributed by atoms with Crippen LogP contribution in [0.25, 0.3) is 0 Å². The van der Waals surface area contributed by atoms with Gasteiger partial charge in [0.15, 0.2) is 0 Å². The van der Waals surface area contributed by atoms with E-state index < -0.39 is 6.04 Å². The first-order valence-corrected chi connectivity index (χ1v) is 16.8. The Hall–Kier alpha value is -3.83. The predicted molar refractivity (Wildman–Crippen MR) is 183 cm³/mol. The molecular formula is C35H54N6O7. The number of amides is 2. The van der Waals surface area contributed by atoms with Crippen LogP contribution in [0.4, 0.5) is 0 Å².